The molecule has 6 N–H and O–H groups in total. The Hall–Kier alpha value is -1.80. The molecule has 1 aromatic rings. The Morgan fingerprint density at radius 1 is 1.37 bits per heavy atom. The molecule has 1 aromatic carbocycles. The number of nitrogens with two attached hydrogens (primary N) is 3. The third-order valence-electron chi connectivity index (χ3n) is 3.28. The zero-order valence-electron chi connectivity index (χ0n) is 10.2. The Morgan fingerprint density at radius 3 is 2.58 bits per heavy atom. The molecule has 2 rings (SSSR count). The number of para-hydroxylation sites is 1. The molecule has 1 aliphatic rings. The Labute approximate surface area is 111 Å². The van der Waals surface area contributed by atoms with Crippen molar-refractivity contribution in [3.63, 3.8) is 0 Å². The normalized spacial score (nSPS) is 19.6. The van der Waals surface area contributed by atoms with E-state index in [9.17, 15) is 13.2 Å². The second kappa shape index (κ2) is 4.71. The van der Waals surface area contributed by atoms with E-state index in [4.69, 9.17) is 16.6 Å². The molecule has 0 aliphatic carbocycles. The van der Waals surface area contributed by atoms with Crippen LogP contribution in [0, 0.1) is 5.92 Å². The summed E-state index contributed by atoms with van der Waals surface area (Å²) in [6.45, 7) is 1.04. The fourth-order valence-corrected chi connectivity index (χ4v) is 2.95. The molecule has 0 saturated carbocycles. The third kappa shape index (κ3) is 2.64. The first-order valence-electron chi connectivity index (χ1n) is 5.76. The van der Waals surface area contributed by atoms with Gasteiger partial charge < -0.3 is 16.4 Å². The van der Waals surface area contributed by atoms with Crippen molar-refractivity contribution in [3.8, 4) is 0 Å². The molecule has 1 unspecified atom stereocenters. The fraction of sp³-hybridized carbons (Fsp3) is 0.364. The van der Waals surface area contributed by atoms with Crippen molar-refractivity contribution in [2.75, 3.05) is 23.7 Å². The second-order valence-corrected chi connectivity index (χ2v) is 6.10. The number of nitrogen functional groups attached to an aromatic ring is 1. The topological polar surface area (TPSA) is 133 Å². The highest BCUT2D eigenvalue weighted by Gasteiger charge is 2.28. The number of sulfonamides is 1. The number of anilines is 2. The number of amides is 1. The van der Waals surface area contributed by atoms with Gasteiger partial charge in [0.2, 0.25) is 15.9 Å². The van der Waals surface area contributed by atoms with E-state index in [2.05, 4.69) is 0 Å². The second-order valence-electron chi connectivity index (χ2n) is 4.57. The van der Waals surface area contributed by atoms with E-state index in [0.29, 0.717) is 25.2 Å². The minimum atomic E-state index is -3.86. The van der Waals surface area contributed by atoms with E-state index in [1.165, 1.54) is 6.07 Å². The van der Waals surface area contributed by atoms with Gasteiger partial charge in [-0.1, -0.05) is 6.07 Å². The number of carbonyl (C=O) groups excluding carboxylic acids is 1. The van der Waals surface area contributed by atoms with Gasteiger partial charge in [-0.05, 0) is 18.6 Å². The maximum absolute atomic E-state index is 11.4. The van der Waals surface area contributed by atoms with Crippen LogP contribution in [0.3, 0.4) is 0 Å². The van der Waals surface area contributed by atoms with E-state index >= 15 is 0 Å². The molecule has 1 heterocycles. The first-order valence-corrected chi connectivity index (χ1v) is 7.31. The molecule has 0 radical (unpaired) electrons. The summed E-state index contributed by atoms with van der Waals surface area (Å²) in [6.07, 6.45) is 0.633. The first-order chi connectivity index (χ1) is 8.80. The van der Waals surface area contributed by atoms with Crippen LogP contribution in [-0.4, -0.2) is 27.4 Å². The lowest BCUT2D eigenvalue weighted by atomic mass is 10.1. The van der Waals surface area contributed by atoms with E-state index in [1.807, 2.05) is 4.90 Å². The number of primary amides is 1. The Morgan fingerprint density at radius 2 is 2.05 bits per heavy atom. The van der Waals surface area contributed by atoms with Crippen molar-refractivity contribution in [2.45, 2.75) is 11.3 Å². The van der Waals surface area contributed by atoms with Crippen molar-refractivity contribution in [2.24, 2.45) is 16.8 Å². The maximum Gasteiger partial charge on any atom is 0.240 e. The van der Waals surface area contributed by atoms with Gasteiger partial charge in [0.05, 0.1) is 17.3 Å². The van der Waals surface area contributed by atoms with Gasteiger partial charge in [0, 0.05) is 13.1 Å². The maximum atomic E-state index is 11.4. The average molecular weight is 284 g/mol. The monoisotopic (exact) mass is 284 g/mol. The summed E-state index contributed by atoms with van der Waals surface area (Å²) in [5.74, 6) is -0.596. The highest BCUT2D eigenvalue weighted by Crippen LogP contribution is 2.32. The van der Waals surface area contributed by atoms with E-state index in [-0.39, 0.29) is 22.4 Å². The molecular formula is C11H16N4O3S. The molecule has 104 valence electrons. The van der Waals surface area contributed by atoms with Crippen LogP contribution in [0.5, 0.6) is 0 Å². The summed E-state index contributed by atoms with van der Waals surface area (Å²) in [4.78, 5) is 12.9. The van der Waals surface area contributed by atoms with E-state index in [1.54, 1.807) is 12.1 Å². The Bertz CT molecular complexity index is 614. The van der Waals surface area contributed by atoms with Gasteiger partial charge in [-0.2, -0.15) is 0 Å². The molecule has 0 spiro atoms. The van der Waals surface area contributed by atoms with Gasteiger partial charge in [0.15, 0.2) is 0 Å². The molecule has 0 aromatic heterocycles. The minimum absolute atomic E-state index is 0.104. The number of nitrogens with zero attached hydrogens (tertiary/aromatic N) is 1. The van der Waals surface area contributed by atoms with Crippen molar-refractivity contribution in [1.29, 1.82) is 0 Å². The number of carbonyl (C=O) groups is 1. The van der Waals surface area contributed by atoms with Crippen LogP contribution in [0.15, 0.2) is 23.1 Å². The zero-order valence-corrected chi connectivity index (χ0v) is 11.1. The smallest absolute Gasteiger partial charge is 0.240 e. The SMILES string of the molecule is NC(=O)C1CCN(c2cccc(S(N)(=O)=O)c2N)C1. The molecule has 8 heteroatoms. The highest BCUT2D eigenvalue weighted by molar-refractivity contribution is 7.89. The summed E-state index contributed by atoms with van der Waals surface area (Å²) in [5.41, 5.74) is 11.8. The lowest BCUT2D eigenvalue weighted by Crippen LogP contribution is -2.28. The molecule has 1 saturated heterocycles. The van der Waals surface area contributed by atoms with Crippen LogP contribution < -0.4 is 21.5 Å². The standard InChI is InChI=1S/C11H16N4O3S/c12-10-8(2-1-3-9(10)19(14,17)18)15-5-4-7(6-15)11(13)16/h1-3,7H,4-6,12H2,(H2,13,16)(H2,14,17,18). The Kier molecular flexibility index (Phi) is 3.38. The molecule has 1 atom stereocenters. The molecule has 1 amide bonds. The molecule has 1 aliphatic heterocycles. The highest BCUT2D eigenvalue weighted by atomic mass is 32.2. The minimum Gasteiger partial charge on any atom is -0.396 e. The van der Waals surface area contributed by atoms with Crippen LogP contribution >= 0.6 is 0 Å². The predicted octanol–water partition coefficient (Wildman–Crippen LogP) is -0.772. The largest absolute Gasteiger partial charge is 0.396 e. The van der Waals surface area contributed by atoms with Crippen molar-refractivity contribution < 1.29 is 13.2 Å². The van der Waals surface area contributed by atoms with Crippen LogP contribution in [0.2, 0.25) is 0 Å². The van der Waals surface area contributed by atoms with Gasteiger partial charge in [0.25, 0.3) is 0 Å². The van der Waals surface area contributed by atoms with Crippen molar-refractivity contribution >= 4 is 27.3 Å². The third-order valence-corrected chi connectivity index (χ3v) is 4.25. The summed E-state index contributed by atoms with van der Waals surface area (Å²) in [7, 11) is -3.86. The van der Waals surface area contributed by atoms with E-state index < -0.39 is 10.0 Å². The van der Waals surface area contributed by atoms with Gasteiger partial charge in [-0.15, -0.1) is 0 Å². The summed E-state index contributed by atoms with van der Waals surface area (Å²) >= 11 is 0. The molecule has 0 bridgehead atoms. The summed E-state index contributed by atoms with van der Waals surface area (Å²) in [6, 6.07) is 4.63. The first kappa shape index (κ1) is 13.6. The predicted molar refractivity (Wildman–Crippen MR) is 71.7 cm³/mol. The molecule has 7 nitrogen and oxygen atoms in total. The Balaban J connectivity index is 2.35. The number of benzene rings is 1. The van der Waals surface area contributed by atoms with Crippen LogP contribution in [0.4, 0.5) is 11.4 Å². The van der Waals surface area contributed by atoms with Gasteiger partial charge >= 0.3 is 0 Å². The molecular weight excluding hydrogens is 268 g/mol. The number of hydrogen-bond donors (Lipinski definition) is 3. The summed E-state index contributed by atoms with van der Waals surface area (Å²) < 4.78 is 22.8. The van der Waals surface area contributed by atoms with Crippen molar-refractivity contribution in [3.05, 3.63) is 18.2 Å². The van der Waals surface area contributed by atoms with Gasteiger partial charge in [0.1, 0.15) is 4.90 Å². The zero-order chi connectivity index (χ0) is 14.2. The van der Waals surface area contributed by atoms with E-state index in [0.717, 1.165) is 0 Å². The lowest BCUT2D eigenvalue weighted by molar-refractivity contribution is -0.121. The molecule has 19 heavy (non-hydrogen) atoms. The summed E-state index contributed by atoms with van der Waals surface area (Å²) in [5, 5.41) is 5.10. The quantitative estimate of drug-likeness (QED) is 0.627. The van der Waals surface area contributed by atoms with Gasteiger partial charge in [-0.25, -0.2) is 13.6 Å². The lowest BCUT2D eigenvalue weighted by Gasteiger charge is -2.21. The van der Waals surface area contributed by atoms with Crippen LogP contribution in [0.25, 0.3) is 0 Å². The number of hydrogen-bond acceptors (Lipinski definition) is 5. The fourth-order valence-electron chi connectivity index (χ4n) is 2.27. The van der Waals surface area contributed by atoms with Crippen molar-refractivity contribution in [1.82, 2.24) is 0 Å². The number of primary sulfonamides is 1. The average Bonchev–Trinajstić information content (AvgIpc) is 2.77. The van der Waals surface area contributed by atoms with Crippen LogP contribution in [0.1, 0.15) is 6.42 Å². The van der Waals surface area contributed by atoms with Crippen LogP contribution in [-0.2, 0) is 14.8 Å². The molecule has 1 fully saturated rings. The number of rotatable bonds is 3. The van der Waals surface area contributed by atoms with Gasteiger partial charge in [-0.3, -0.25) is 4.79 Å².